The number of ether oxygens (including phenoxy) is 4. The van der Waals surface area contributed by atoms with Crippen molar-refractivity contribution in [3.8, 4) is 5.75 Å². The number of ketones is 1. The van der Waals surface area contributed by atoms with Crippen LogP contribution in [-0.4, -0.2) is 109 Å². The maximum Gasteiger partial charge on any atom is 0.412 e. The van der Waals surface area contributed by atoms with E-state index >= 15 is 0 Å². The number of carbonyl (C=O) groups is 5. The second-order valence-electron chi connectivity index (χ2n) is 12.1. The van der Waals surface area contributed by atoms with Crippen LogP contribution in [0.5, 0.6) is 5.75 Å². The fourth-order valence-corrected chi connectivity index (χ4v) is 5.80. The van der Waals surface area contributed by atoms with Gasteiger partial charge >= 0.3 is 18.0 Å². The molecule has 0 N–H and O–H groups in total. The molecule has 1 aliphatic carbocycles. The monoisotopic (exact) mass is 615 g/mol. The van der Waals surface area contributed by atoms with E-state index in [0.29, 0.717) is 50.3 Å². The van der Waals surface area contributed by atoms with Crippen molar-refractivity contribution in [3.63, 3.8) is 0 Å². The first kappa shape index (κ1) is 33.2. The lowest BCUT2D eigenvalue weighted by Gasteiger charge is -2.42. The summed E-state index contributed by atoms with van der Waals surface area (Å²) in [4.78, 5) is 67.2. The van der Waals surface area contributed by atoms with Crippen LogP contribution in [0, 0.1) is 5.92 Å². The molecule has 44 heavy (non-hydrogen) atoms. The number of amides is 2. The molecule has 1 aromatic carbocycles. The highest BCUT2D eigenvalue weighted by atomic mass is 16.7. The van der Waals surface area contributed by atoms with Crippen molar-refractivity contribution in [2.45, 2.75) is 84.2 Å². The minimum Gasteiger partial charge on any atom is -0.482 e. The summed E-state index contributed by atoms with van der Waals surface area (Å²) < 4.78 is 21.5. The number of likely N-dealkylation sites (tertiary alicyclic amines) is 1. The van der Waals surface area contributed by atoms with Gasteiger partial charge in [0.05, 0.1) is 13.1 Å². The highest BCUT2D eigenvalue weighted by molar-refractivity contribution is 5.99. The molecule has 0 bridgehead atoms. The molecule has 1 unspecified atom stereocenters. The van der Waals surface area contributed by atoms with Crippen LogP contribution in [0.1, 0.15) is 76.1 Å². The number of nitrogens with zero attached hydrogens (tertiary/aromatic N) is 3. The van der Waals surface area contributed by atoms with Crippen LogP contribution >= 0.6 is 0 Å². The Labute approximate surface area is 258 Å². The molecule has 3 aliphatic rings. The van der Waals surface area contributed by atoms with Crippen molar-refractivity contribution in [1.29, 1.82) is 0 Å². The standard InChI is InChI=1S/C32H45N3O9/c1-22(2)31(42-23(3)36)44-32(40)33-15-13-25(14-16-33)34-17-18-35(29(38)20-34)19-28(37)24-9-11-26(12-10-24)41-21-30(39)43-27-7-5-4-6-8-27/h9-12,22,25,27,31H,4-8,13-21H2,1-3H3. The Hall–Kier alpha value is -3.67. The minimum atomic E-state index is -0.932. The lowest BCUT2D eigenvalue weighted by molar-refractivity contribution is -0.174. The van der Waals surface area contributed by atoms with Gasteiger partial charge in [0.15, 0.2) is 12.4 Å². The van der Waals surface area contributed by atoms with E-state index < -0.39 is 24.3 Å². The molecule has 2 amide bonds. The molecule has 12 nitrogen and oxygen atoms in total. The van der Waals surface area contributed by atoms with Gasteiger partial charge in [-0.05, 0) is 62.8 Å². The smallest absolute Gasteiger partial charge is 0.412 e. The van der Waals surface area contributed by atoms with Crippen molar-refractivity contribution < 1.29 is 42.9 Å². The number of hydrogen-bond donors (Lipinski definition) is 0. The molecular formula is C32H45N3O9. The van der Waals surface area contributed by atoms with Gasteiger partial charge in [-0.25, -0.2) is 9.59 Å². The summed E-state index contributed by atoms with van der Waals surface area (Å²) in [7, 11) is 0. The number of esters is 2. The molecule has 1 aromatic rings. The molecule has 0 radical (unpaired) electrons. The largest absolute Gasteiger partial charge is 0.482 e. The zero-order valence-electron chi connectivity index (χ0n) is 26.0. The van der Waals surface area contributed by atoms with Crippen LogP contribution in [0.25, 0.3) is 0 Å². The summed E-state index contributed by atoms with van der Waals surface area (Å²) in [5.41, 5.74) is 0.463. The normalized spacial score (nSPS) is 19.4. The zero-order chi connectivity index (χ0) is 31.6. The van der Waals surface area contributed by atoms with Gasteiger partial charge in [-0.15, -0.1) is 0 Å². The van der Waals surface area contributed by atoms with Gasteiger partial charge in [0.1, 0.15) is 11.9 Å². The Balaban J connectivity index is 1.17. The van der Waals surface area contributed by atoms with Crippen LogP contribution in [0.4, 0.5) is 4.79 Å². The van der Waals surface area contributed by atoms with Crippen LogP contribution in [0.15, 0.2) is 24.3 Å². The molecule has 1 atom stereocenters. The summed E-state index contributed by atoms with van der Waals surface area (Å²) >= 11 is 0. The number of rotatable bonds is 11. The Morgan fingerprint density at radius 1 is 0.886 bits per heavy atom. The number of Topliss-reactive ketones (excluding diaryl/α,β-unsaturated/α-hetero) is 1. The van der Waals surface area contributed by atoms with Crippen molar-refractivity contribution in [2.75, 3.05) is 45.9 Å². The van der Waals surface area contributed by atoms with Crippen LogP contribution in [0.3, 0.4) is 0 Å². The first-order chi connectivity index (χ1) is 21.1. The van der Waals surface area contributed by atoms with Crippen molar-refractivity contribution >= 4 is 29.7 Å². The lowest BCUT2D eigenvalue weighted by Crippen LogP contribution is -2.56. The third-order valence-corrected chi connectivity index (χ3v) is 8.35. The minimum absolute atomic E-state index is 0.00969. The summed E-state index contributed by atoms with van der Waals surface area (Å²) in [6.07, 6.45) is 5.05. The van der Waals surface area contributed by atoms with Gasteiger partial charge in [-0.1, -0.05) is 20.3 Å². The Morgan fingerprint density at radius 2 is 1.57 bits per heavy atom. The van der Waals surface area contributed by atoms with E-state index in [9.17, 15) is 24.0 Å². The average Bonchev–Trinajstić information content (AvgIpc) is 3.01. The van der Waals surface area contributed by atoms with Gasteiger partial charge in [-0.2, -0.15) is 0 Å². The Bertz CT molecular complexity index is 1160. The van der Waals surface area contributed by atoms with Gasteiger partial charge < -0.3 is 28.7 Å². The number of carbonyl (C=O) groups excluding carboxylic acids is 5. The fourth-order valence-electron chi connectivity index (χ4n) is 5.80. The second-order valence-corrected chi connectivity index (χ2v) is 12.1. The maximum atomic E-state index is 12.9. The third kappa shape index (κ3) is 9.67. The predicted octanol–water partition coefficient (Wildman–Crippen LogP) is 3.41. The van der Waals surface area contributed by atoms with Gasteiger partial charge in [-0.3, -0.25) is 19.3 Å². The first-order valence-corrected chi connectivity index (χ1v) is 15.7. The Kier molecular flexibility index (Phi) is 12.0. The molecule has 0 aromatic heterocycles. The molecule has 0 spiro atoms. The van der Waals surface area contributed by atoms with E-state index in [-0.39, 0.29) is 49.5 Å². The molecule has 242 valence electrons. The quantitative estimate of drug-likeness (QED) is 0.207. The van der Waals surface area contributed by atoms with Gasteiger partial charge in [0.25, 0.3) is 6.29 Å². The second kappa shape index (κ2) is 15.9. The van der Waals surface area contributed by atoms with Gasteiger partial charge in [0, 0.05) is 50.6 Å². The van der Waals surface area contributed by atoms with E-state index in [1.54, 1.807) is 34.1 Å². The fraction of sp³-hybridized carbons (Fsp3) is 0.656. The average molecular weight is 616 g/mol. The molecule has 2 saturated heterocycles. The molecule has 4 rings (SSSR count). The number of piperidine rings is 1. The summed E-state index contributed by atoms with van der Waals surface area (Å²) in [5, 5.41) is 0. The zero-order valence-corrected chi connectivity index (χ0v) is 26.0. The third-order valence-electron chi connectivity index (χ3n) is 8.35. The molecule has 2 aliphatic heterocycles. The summed E-state index contributed by atoms with van der Waals surface area (Å²) in [5.74, 6) is -0.877. The number of benzene rings is 1. The molecule has 2 heterocycles. The molecular weight excluding hydrogens is 570 g/mol. The molecule has 12 heteroatoms. The van der Waals surface area contributed by atoms with Crippen LogP contribution < -0.4 is 4.74 Å². The first-order valence-electron chi connectivity index (χ1n) is 15.7. The summed E-state index contributed by atoms with van der Waals surface area (Å²) in [6, 6.07) is 6.70. The van der Waals surface area contributed by atoms with Crippen LogP contribution in [-0.2, 0) is 28.6 Å². The summed E-state index contributed by atoms with van der Waals surface area (Å²) in [6.45, 7) is 6.95. The van der Waals surface area contributed by atoms with Crippen LogP contribution in [0.2, 0.25) is 0 Å². The number of hydrogen-bond acceptors (Lipinski definition) is 10. The van der Waals surface area contributed by atoms with Crippen molar-refractivity contribution in [1.82, 2.24) is 14.7 Å². The van der Waals surface area contributed by atoms with E-state index in [0.717, 1.165) is 25.7 Å². The van der Waals surface area contributed by atoms with E-state index in [1.165, 1.54) is 13.3 Å². The van der Waals surface area contributed by atoms with E-state index in [1.807, 2.05) is 13.8 Å². The van der Waals surface area contributed by atoms with E-state index in [2.05, 4.69) is 4.90 Å². The lowest BCUT2D eigenvalue weighted by atomic mass is 9.98. The maximum absolute atomic E-state index is 12.9. The topological polar surface area (TPSA) is 132 Å². The number of piperazine rings is 1. The predicted molar refractivity (Wildman–Crippen MR) is 159 cm³/mol. The van der Waals surface area contributed by atoms with E-state index in [4.69, 9.17) is 18.9 Å². The molecule has 3 fully saturated rings. The Morgan fingerprint density at radius 3 is 2.18 bits per heavy atom. The SMILES string of the molecule is CC(=O)OC(OC(=O)N1CCC(N2CCN(CC(=O)c3ccc(OCC(=O)OC4CCCCC4)cc3)C(=O)C2)CC1)C(C)C. The highest BCUT2D eigenvalue weighted by Gasteiger charge is 2.34. The highest BCUT2D eigenvalue weighted by Crippen LogP contribution is 2.22. The van der Waals surface area contributed by atoms with Crippen molar-refractivity contribution in [2.24, 2.45) is 5.92 Å². The molecule has 1 saturated carbocycles. The van der Waals surface area contributed by atoms with Gasteiger partial charge in [0.2, 0.25) is 5.91 Å². The van der Waals surface area contributed by atoms with Crippen molar-refractivity contribution in [3.05, 3.63) is 29.8 Å².